The Morgan fingerprint density at radius 1 is 1.20 bits per heavy atom. The van der Waals surface area contributed by atoms with Crippen molar-refractivity contribution in [2.75, 3.05) is 0 Å². The van der Waals surface area contributed by atoms with E-state index in [-0.39, 0.29) is 29.2 Å². The Kier molecular flexibility index (Phi) is 3.20. The minimum atomic E-state index is -0.372. The van der Waals surface area contributed by atoms with E-state index >= 15 is 0 Å². The van der Waals surface area contributed by atoms with Crippen LogP contribution in [0.2, 0.25) is 10.8 Å². The summed E-state index contributed by atoms with van der Waals surface area (Å²) in [6.07, 6.45) is 0.999. The predicted molar refractivity (Wildman–Crippen MR) is 78.6 cm³/mol. The van der Waals surface area contributed by atoms with Crippen LogP contribution in [0.25, 0.3) is 0 Å². The van der Waals surface area contributed by atoms with E-state index in [9.17, 15) is 4.39 Å². The highest BCUT2D eigenvalue weighted by molar-refractivity contribution is 6.49. The molecular weight excluding hydrogens is 277 g/mol. The first kappa shape index (κ1) is 14.4. The molecule has 108 valence electrons. The molecule has 0 N–H and O–H groups in total. The molecule has 2 nitrogen and oxygen atoms in total. The van der Waals surface area contributed by atoms with Crippen LogP contribution >= 0.6 is 11.6 Å². The maximum Gasteiger partial charge on any atom is 0.461 e. The third-order valence-corrected chi connectivity index (χ3v) is 5.12. The first-order valence-electron chi connectivity index (χ1n) is 7.02. The van der Waals surface area contributed by atoms with Gasteiger partial charge in [0, 0.05) is 5.82 Å². The van der Waals surface area contributed by atoms with E-state index in [2.05, 4.69) is 27.7 Å². The van der Waals surface area contributed by atoms with Crippen LogP contribution in [0.1, 0.15) is 45.6 Å². The smallest absolute Gasteiger partial charge is 0.403 e. The molecule has 1 aliphatic heterocycles. The molecule has 5 heteroatoms. The van der Waals surface area contributed by atoms with Gasteiger partial charge >= 0.3 is 7.12 Å². The Morgan fingerprint density at radius 3 is 2.35 bits per heavy atom. The summed E-state index contributed by atoms with van der Waals surface area (Å²) in [5.74, 6) is 0.309. The number of benzene rings is 1. The van der Waals surface area contributed by atoms with E-state index in [4.69, 9.17) is 20.9 Å². The normalized spacial score (nSPS) is 30.6. The van der Waals surface area contributed by atoms with Gasteiger partial charge in [0.15, 0.2) is 0 Å². The van der Waals surface area contributed by atoms with Crippen LogP contribution in [0.3, 0.4) is 0 Å². The molecule has 2 atom stereocenters. The van der Waals surface area contributed by atoms with E-state index < -0.39 is 0 Å². The lowest BCUT2D eigenvalue weighted by atomic mass is 9.79. The molecule has 0 spiro atoms. The third-order valence-electron chi connectivity index (χ3n) is 4.83. The molecule has 0 bridgehead atoms. The highest BCUT2D eigenvalue weighted by Crippen LogP contribution is 2.58. The van der Waals surface area contributed by atoms with Crippen molar-refractivity contribution in [2.45, 2.75) is 57.1 Å². The van der Waals surface area contributed by atoms with E-state index in [1.54, 1.807) is 12.1 Å². The number of hydrogen-bond donors (Lipinski definition) is 0. The molecule has 1 aromatic carbocycles. The topological polar surface area (TPSA) is 18.5 Å². The fourth-order valence-corrected chi connectivity index (χ4v) is 2.89. The van der Waals surface area contributed by atoms with Crippen LogP contribution in [-0.2, 0) is 9.31 Å². The molecule has 1 aliphatic carbocycles. The van der Waals surface area contributed by atoms with Crippen molar-refractivity contribution in [3.8, 4) is 0 Å². The zero-order valence-electron chi connectivity index (χ0n) is 12.2. The van der Waals surface area contributed by atoms with Gasteiger partial charge in [0.25, 0.3) is 0 Å². The Bertz CT molecular complexity index is 531. The average molecular weight is 297 g/mol. The number of halogens is 2. The quantitative estimate of drug-likeness (QED) is 0.752. The first-order chi connectivity index (χ1) is 9.21. The van der Waals surface area contributed by atoms with Gasteiger partial charge in [-0.1, -0.05) is 17.7 Å². The van der Waals surface area contributed by atoms with Crippen LogP contribution in [0.4, 0.5) is 4.39 Å². The monoisotopic (exact) mass is 296 g/mol. The highest BCUT2D eigenvalue weighted by Gasteiger charge is 2.59. The average Bonchev–Trinajstić information content (AvgIpc) is 3.07. The predicted octanol–water partition coefficient (Wildman–Crippen LogP) is 4.43. The SMILES string of the molecule is CC1(C)OB([C@H]2C[C@@H]2c2ccc(F)c(Cl)c2)OC1(C)C. The lowest BCUT2D eigenvalue weighted by Gasteiger charge is -2.32. The molecule has 0 amide bonds. The second-order valence-corrected chi connectivity index (χ2v) is 7.21. The zero-order valence-corrected chi connectivity index (χ0v) is 13.0. The van der Waals surface area contributed by atoms with E-state index in [1.807, 2.05) is 0 Å². The van der Waals surface area contributed by atoms with E-state index in [1.165, 1.54) is 6.07 Å². The second-order valence-electron chi connectivity index (χ2n) is 6.80. The maximum absolute atomic E-state index is 13.2. The van der Waals surface area contributed by atoms with Crippen molar-refractivity contribution in [1.29, 1.82) is 0 Å². The summed E-state index contributed by atoms with van der Waals surface area (Å²) in [4.78, 5) is 0. The third kappa shape index (κ3) is 2.28. The van der Waals surface area contributed by atoms with Crippen molar-refractivity contribution in [2.24, 2.45) is 0 Å². The molecule has 1 saturated heterocycles. The Morgan fingerprint density at radius 2 is 1.80 bits per heavy atom. The van der Waals surface area contributed by atoms with Gasteiger partial charge in [0.05, 0.1) is 16.2 Å². The van der Waals surface area contributed by atoms with Crippen LogP contribution < -0.4 is 0 Å². The van der Waals surface area contributed by atoms with Gasteiger partial charge in [0.2, 0.25) is 0 Å². The molecule has 0 aromatic heterocycles. The van der Waals surface area contributed by atoms with Crippen molar-refractivity contribution in [3.05, 3.63) is 34.6 Å². The van der Waals surface area contributed by atoms with Crippen LogP contribution in [0.15, 0.2) is 18.2 Å². The Balaban J connectivity index is 1.72. The first-order valence-corrected chi connectivity index (χ1v) is 7.40. The van der Waals surface area contributed by atoms with Crippen molar-refractivity contribution < 1.29 is 13.7 Å². The van der Waals surface area contributed by atoms with Gasteiger partial charge in [-0.3, -0.25) is 0 Å². The van der Waals surface area contributed by atoms with Crippen molar-refractivity contribution in [3.63, 3.8) is 0 Å². The molecule has 3 rings (SSSR count). The fraction of sp³-hybridized carbons (Fsp3) is 0.600. The van der Waals surface area contributed by atoms with Crippen molar-refractivity contribution in [1.82, 2.24) is 0 Å². The summed E-state index contributed by atoms with van der Waals surface area (Å²) in [5, 5.41) is 0.182. The van der Waals surface area contributed by atoms with Gasteiger partial charge in [-0.15, -0.1) is 0 Å². The van der Waals surface area contributed by atoms with Gasteiger partial charge < -0.3 is 9.31 Å². The molecule has 2 aliphatic rings. The molecule has 0 unspecified atom stereocenters. The fourth-order valence-electron chi connectivity index (χ4n) is 2.71. The van der Waals surface area contributed by atoms with E-state index in [0.29, 0.717) is 11.7 Å². The van der Waals surface area contributed by atoms with Gasteiger partial charge in [-0.2, -0.15) is 0 Å². The summed E-state index contributed by atoms with van der Waals surface area (Å²) in [7, 11) is -0.186. The Hall–Kier alpha value is -0.575. The minimum absolute atomic E-state index is 0.182. The largest absolute Gasteiger partial charge is 0.461 e. The minimum Gasteiger partial charge on any atom is -0.403 e. The number of hydrogen-bond acceptors (Lipinski definition) is 2. The van der Waals surface area contributed by atoms with Crippen LogP contribution in [0.5, 0.6) is 0 Å². The van der Waals surface area contributed by atoms with Crippen molar-refractivity contribution >= 4 is 18.7 Å². The Labute approximate surface area is 124 Å². The van der Waals surface area contributed by atoms with Crippen LogP contribution in [-0.4, -0.2) is 18.3 Å². The zero-order chi connectivity index (χ0) is 14.7. The second kappa shape index (κ2) is 4.46. The standard InChI is InChI=1S/C15H19BClFO2/c1-14(2)15(3,4)20-16(19-14)11-8-10(11)9-5-6-13(18)12(17)7-9/h5-7,10-11H,8H2,1-4H3/t10-,11+/m1/s1. The summed E-state index contributed by atoms with van der Waals surface area (Å²) in [5.41, 5.74) is 0.465. The summed E-state index contributed by atoms with van der Waals surface area (Å²) in [6, 6.07) is 4.95. The molecule has 2 fully saturated rings. The molecule has 1 aromatic rings. The van der Waals surface area contributed by atoms with Crippen LogP contribution in [0, 0.1) is 5.82 Å². The maximum atomic E-state index is 13.2. The number of rotatable bonds is 2. The summed E-state index contributed by atoms with van der Waals surface area (Å²) >= 11 is 5.85. The molecule has 0 radical (unpaired) electrons. The molecule has 1 heterocycles. The van der Waals surface area contributed by atoms with Gasteiger partial charge in [0.1, 0.15) is 5.82 Å². The molecule has 20 heavy (non-hydrogen) atoms. The lowest BCUT2D eigenvalue weighted by Crippen LogP contribution is -2.41. The summed E-state index contributed by atoms with van der Waals surface area (Å²) < 4.78 is 25.3. The molecular formula is C15H19BClFO2. The van der Waals surface area contributed by atoms with Gasteiger partial charge in [-0.05, 0) is 57.7 Å². The van der Waals surface area contributed by atoms with E-state index in [0.717, 1.165) is 12.0 Å². The highest BCUT2D eigenvalue weighted by atomic mass is 35.5. The summed E-state index contributed by atoms with van der Waals surface area (Å²) in [6.45, 7) is 8.22. The van der Waals surface area contributed by atoms with Gasteiger partial charge in [-0.25, -0.2) is 4.39 Å². The molecule has 1 saturated carbocycles. The lowest BCUT2D eigenvalue weighted by molar-refractivity contribution is 0.00578.